The van der Waals surface area contributed by atoms with Crippen molar-refractivity contribution in [3.8, 4) is 0 Å². The molecule has 0 bridgehead atoms. The van der Waals surface area contributed by atoms with Gasteiger partial charge in [-0.25, -0.2) is 0 Å². The summed E-state index contributed by atoms with van der Waals surface area (Å²) in [7, 11) is 0. The van der Waals surface area contributed by atoms with Crippen LogP contribution >= 0.6 is 11.3 Å². The van der Waals surface area contributed by atoms with Crippen molar-refractivity contribution in [1.82, 2.24) is 5.32 Å². The molecule has 0 radical (unpaired) electrons. The van der Waals surface area contributed by atoms with Gasteiger partial charge in [0.15, 0.2) is 0 Å². The van der Waals surface area contributed by atoms with Crippen molar-refractivity contribution in [3.63, 3.8) is 0 Å². The fourth-order valence-electron chi connectivity index (χ4n) is 2.74. The van der Waals surface area contributed by atoms with Crippen LogP contribution in [0.3, 0.4) is 0 Å². The molecule has 0 aromatic carbocycles. The maximum Gasteiger partial charge on any atom is 0.0772 e. The molecule has 18 heavy (non-hydrogen) atoms. The predicted molar refractivity (Wildman–Crippen MR) is 78.1 cm³/mol. The minimum Gasteiger partial charge on any atom is -0.389 e. The summed E-state index contributed by atoms with van der Waals surface area (Å²) >= 11 is 1.80. The van der Waals surface area contributed by atoms with E-state index in [2.05, 4.69) is 37.5 Å². The van der Waals surface area contributed by atoms with E-state index in [1.54, 1.807) is 11.3 Å². The number of thiophene rings is 1. The van der Waals surface area contributed by atoms with Gasteiger partial charge >= 0.3 is 0 Å². The highest BCUT2D eigenvalue weighted by Gasteiger charge is 2.31. The number of aliphatic hydroxyl groups is 1. The van der Waals surface area contributed by atoms with Gasteiger partial charge in [-0.05, 0) is 62.5 Å². The van der Waals surface area contributed by atoms with Crippen molar-refractivity contribution in [2.45, 2.75) is 58.1 Å². The van der Waals surface area contributed by atoms with Crippen LogP contribution in [0.15, 0.2) is 11.4 Å². The lowest BCUT2D eigenvalue weighted by Crippen LogP contribution is -2.43. The molecule has 2 nitrogen and oxygen atoms in total. The molecule has 1 atom stereocenters. The molecule has 1 aromatic heterocycles. The van der Waals surface area contributed by atoms with Gasteiger partial charge in [-0.1, -0.05) is 6.92 Å². The van der Waals surface area contributed by atoms with Gasteiger partial charge in [0.25, 0.3) is 0 Å². The van der Waals surface area contributed by atoms with Gasteiger partial charge < -0.3 is 10.4 Å². The highest BCUT2D eigenvalue weighted by Crippen LogP contribution is 2.32. The zero-order valence-corrected chi connectivity index (χ0v) is 12.5. The van der Waals surface area contributed by atoms with Crippen LogP contribution in [0.4, 0.5) is 0 Å². The Morgan fingerprint density at radius 1 is 1.50 bits per heavy atom. The molecule has 1 heterocycles. The third-order valence-electron chi connectivity index (χ3n) is 4.24. The predicted octanol–water partition coefficient (Wildman–Crippen LogP) is 3.65. The molecule has 1 unspecified atom stereocenters. The van der Waals surface area contributed by atoms with E-state index in [4.69, 9.17) is 0 Å². The summed E-state index contributed by atoms with van der Waals surface area (Å²) in [4.78, 5) is 1.39. The van der Waals surface area contributed by atoms with Gasteiger partial charge in [-0.2, -0.15) is 0 Å². The molecule has 1 aliphatic rings. The molecule has 2 rings (SSSR count). The quantitative estimate of drug-likeness (QED) is 0.873. The Kier molecular flexibility index (Phi) is 4.46. The Balaban J connectivity index is 1.86. The smallest absolute Gasteiger partial charge is 0.0772 e. The van der Waals surface area contributed by atoms with E-state index in [0.29, 0.717) is 6.04 Å². The Morgan fingerprint density at radius 3 is 2.72 bits per heavy atom. The molecular weight excluding hydrogens is 242 g/mol. The first-order valence-electron chi connectivity index (χ1n) is 7.00. The molecule has 1 saturated carbocycles. The molecule has 1 aromatic rings. The number of nitrogens with one attached hydrogen (secondary N) is 1. The SMILES string of the molecule is Cc1ccsc1C(C)NCC1(O)CCC(C)CC1. The highest BCUT2D eigenvalue weighted by atomic mass is 32.1. The first-order valence-corrected chi connectivity index (χ1v) is 7.88. The second-order valence-electron chi connectivity index (χ2n) is 5.98. The molecule has 102 valence electrons. The molecule has 2 N–H and O–H groups in total. The van der Waals surface area contributed by atoms with E-state index in [0.717, 1.165) is 38.1 Å². The first-order chi connectivity index (χ1) is 8.50. The minimum absolute atomic E-state index is 0.341. The van der Waals surface area contributed by atoms with Gasteiger partial charge in [0, 0.05) is 17.5 Å². The number of rotatable bonds is 4. The van der Waals surface area contributed by atoms with E-state index in [9.17, 15) is 5.11 Å². The Hall–Kier alpha value is -0.380. The second-order valence-corrected chi connectivity index (χ2v) is 6.93. The Bertz CT molecular complexity index is 380. The van der Waals surface area contributed by atoms with Crippen LogP contribution in [-0.2, 0) is 0 Å². The molecule has 1 aliphatic carbocycles. The lowest BCUT2D eigenvalue weighted by molar-refractivity contribution is -0.00778. The maximum atomic E-state index is 10.5. The average Bonchev–Trinajstić information content (AvgIpc) is 2.77. The van der Waals surface area contributed by atoms with E-state index >= 15 is 0 Å². The number of hydrogen-bond acceptors (Lipinski definition) is 3. The lowest BCUT2D eigenvalue weighted by Gasteiger charge is -2.36. The van der Waals surface area contributed by atoms with E-state index in [1.807, 2.05) is 0 Å². The summed E-state index contributed by atoms with van der Waals surface area (Å²) in [5.41, 5.74) is 0.871. The summed E-state index contributed by atoms with van der Waals surface area (Å²) in [6.45, 7) is 7.34. The summed E-state index contributed by atoms with van der Waals surface area (Å²) in [6.07, 6.45) is 4.20. The fourth-order valence-corrected chi connectivity index (χ4v) is 3.70. The van der Waals surface area contributed by atoms with Gasteiger partial charge in [0.1, 0.15) is 0 Å². The topological polar surface area (TPSA) is 32.3 Å². The van der Waals surface area contributed by atoms with Crippen LogP contribution in [0.25, 0.3) is 0 Å². The normalized spacial score (nSPS) is 30.3. The van der Waals surface area contributed by atoms with E-state index < -0.39 is 5.60 Å². The van der Waals surface area contributed by atoms with Crippen LogP contribution in [0.1, 0.15) is 56.0 Å². The summed E-state index contributed by atoms with van der Waals surface area (Å²) < 4.78 is 0. The second kappa shape index (κ2) is 5.72. The largest absolute Gasteiger partial charge is 0.389 e. The van der Waals surface area contributed by atoms with Crippen LogP contribution in [-0.4, -0.2) is 17.3 Å². The van der Waals surface area contributed by atoms with Crippen LogP contribution in [0, 0.1) is 12.8 Å². The molecule has 1 fully saturated rings. The molecule has 0 aliphatic heterocycles. The highest BCUT2D eigenvalue weighted by molar-refractivity contribution is 7.10. The van der Waals surface area contributed by atoms with E-state index in [1.165, 1.54) is 10.4 Å². The van der Waals surface area contributed by atoms with Crippen LogP contribution in [0.5, 0.6) is 0 Å². The van der Waals surface area contributed by atoms with E-state index in [-0.39, 0.29) is 0 Å². The molecule has 3 heteroatoms. The molecule has 0 saturated heterocycles. The fraction of sp³-hybridized carbons (Fsp3) is 0.733. The molecular formula is C15H25NOS. The van der Waals surface area contributed by atoms with Crippen LogP contribution in [0.2, 0.25) is 0 Å². The molecule has 0 amide bonds. The number of aryl methyl sites for hydroxylation is 1. The van der Waals surface area contributed by atoms with Crippen LogP contribution < -0.4 is 5.32 Å². The van der Waals surface area contributed by atoms with Crippen molar-refractivity contribution in [2.24, 2.45) is 5.92 Å². The van der Waals surface area contributed by atoms with Gasteiger partial charge in [0.05, 0.1) is 5.60 Å². The van der Waals surface area contributed by atoms with Crippen molar-refractivity contribution >= 4 is 11.3 Å². The zero-order valence-electron chi connectivity index (χ0n) is 11.7. The lowest BCUT2D eigenvalue weighted by atomic mass is 9.79. The van der Waals surface area contributed by atoms with Gasteiger partial charge in [-0.3, -0.25) is 0 Å². The standard InChI is InChI=1S/C15H25NOS/c1-11-4-7-15(17,8-5-11)10-16-13(3)14-12(2)6-9-18-14/h6,9,11,13,16-17H,4-5,7-8,10H2,1-3H3. The maximum absolute atomic E-state index is 10.5. The minimum atomic E-state index is -0.480. The van der Waals surface area contributed by atoms with Crippen molar-refractivity contribution in [2.75, 3.05) is 6.54 Å². The molecule has 0 spiro atoms. The third kappa shape index (κ3) is 3.34. The third-order valence-corrected chi connectivity index (χ3v) is 5.44. The van der Waals surface area contributed by atoms with Gasteiger partial charge in [0.2, 0.25) is 0 Å². The Labute approximate surface area is 114 Å². The summed E-state index contributed by atoms with van der Waals surface area (Å²) in [5.74, 6) is 0.780. The van der Waals surface area contributed by atoms with Crippen molar-refractivity contribution < 1.29 is 5.11 Å². The average molecular weight is 267 g/mol. The monoisotopic (exact) mass is 267 g/mol. The van der Waals surface area contributed by atoms with Crippen molar-refractivity contribution in [3.05, 3.63) is 21.9 Å². The zero-order chi connectivity index (χ0) is 13.2. The summed E-state index contributed by atoms with van der Waals surface area (Å²) in [6, 6.07) is 2.50. The Morgan fingerprint density at radius 2 is 2.17 bits per heavy atom. The number of hydrogen-bond donors (Lipinski definition) is 2. The van der Waals surface area contributed by atoms with Crippen molar-refractivity contribution in [1.29, 1.82) is 0 Å². The first kappa shape index (κ1) is 14.0. The summed E-state index contributed by atoms with van der Waals surface area (Å²) in [5, 5.41) is 16.2. The van der Waals surface area contributed by atoms with Gasteiger partial charge in [-0.15, -0.1) is 11.3 Å².